The van der Waals surface area contributed by atoms with Crippen molar-refractivity contribution < 1.29 is 46.1 Å². The second-order valence-electron chi connectivity index (χ2n) is 6.16. The predicted molar refractivity (Wildman–Crippen MR) is 117 cm³/mol. The maximum absolute atomic E-state index is 12.7. The number of rotatable bonds is 14. The number of hydrogen-bond donors (Lipinski definition) is 3. The summed E-state index contributed by atoms with van der Waals surface area (Å²) in [5, 5.41) is 25.3. The summed E-state index contributed by atoms with van der Waals surface area (Å²) >= 11 is 3.15. The molecule has 1 amide bonds. The van der Waals surface area contributed by atoms with Gasteiger partial charge in [-0.15, -0.1) is 0 Å². The van der Waals surface area contributed by atoms with Crippen LogP contribution >= 0.6 is 23.8 Å². The molecule has 0 bridgehead atoms. The monoisotopic (exact) mass is 578 g/mol. The van der Waals surface area contributed by atoms with Gasteiger partial charge in [0.1, 0.15) is 5.56 Å². The Kier molecular flexibility index (Phi) is 10.8. The van der Waals surface area contributed by atoms with E-state index in [2.05, 4.69) is 30.0 Å². The maximum atomic E-state index is 12.7. The Morgan fingerprint density at radius 1 is 1.21 bits per heavy atom. The Hall–Kier alpha value is -2.21. The molecule has 0 aliphatic heterocycles. The molecule has 33 heavy (non-hydrogen) atoms. The molecule has 0 heterocycles. The molecule has 0 saturated heterocycles. The summed E-state index contributed by atoms with van der Waals surface area (Å²) in [6.45, 7) is -1.66. The standard InChI is InChI=1S/C14H20BrN4O12PS/c1-33(28,29)31-7-5-17(4-2-15)11-8-10(18(21)22)9-12(19(23)24)13(11)14(20)16-3-6-30-32(25,26)27/h8-9H,2-7H2,1H3,(H,16,20)(H2,25,26,27). The highest BCUT2D eigenvalue weighted by molar-refractivity contribution is 9.09. The van der Waals surface area contributed by atoms with Crippen LogP contribution in [0.15, 0.2) is 12.1 Å². The number of nitrogens with zero attached hydrogens (tertiary/aromatic N) is 3. The number of nitro benzene ring substituents is 2. The maximum Gasteiger partial charge on any atom is 0.469 e. The van der Waals surface area contributed by atoms with Gasteiger partial charge in [-0.05, 0) is 0 Å². The van der Waals surface area contributed by atoms with Crippen molar-refractivity contribution in [3.63, 3.8) is 0 Å². The molecule has 0 aromatic heterocycles. The Labute approximate surface area is 195 Å². The van der Waals surface area contributed by atoms with Crippen LogP contribution in [0.3, 0.4) is 0 Å². The predicted octanol–water partition coefficient (Wildman–Crippen LogP) is 0.520. The van der Waals surface area contributed by atoms with Crippen LogP contribution in [0.1, 0.15) is 10.4 Å². The van der Waals surface area contributed by atoms with Crippen LogP contribution in [0.25, 0.3) is 0 Å². The van der Waals surface area contributed by atoms with E-state index in [1.807, 2.05) is 0 Å². The molecule has 1 aromatic rings. The smallest absolute Gasteiger partial charge is 0.367 e. The molecule has 0 radical (unpaired) electrons. The van der Waals surface area contributed by atoms with Gasteiger partial charge in [0.15, 0.2) is 0 Å². The molecular formula is C14H20BrN4O12PS. The average molecular weight is 579 g/mol. The van der Waals surface area contributed by atoms with E-state index in [1.165, 1.54) is 4.90 Å². The van der Waals surface area contributed by atoms with Gasteiger partial charge >= 0.3 is 7.82 Å². The molecular weight excluding hydrogens is 559 g/mol. The first-order valence-corrected chi connectivity index (χ1v) is 13.2. The van der Waals surface area contributed by atoms with Gasteiger partial charge in [0.05, 0.1) is 41.1 Å². The van der Waals surface area contributed by atoms with Gasteiger partial charge < -0.3 is 20.0 Å². The zero-order chi connectivity index (χ0) is 25.4. The first-order valence-electron chi connectivity index (χ1n) is 8.76. The van der Waals surface area contributed by atoms with Crippen molar-refractivity contribution in [1.82, 2.24) is 5.32 Å². The lowest BCUT2D eigenvalue weighted by Crippen LogP contribution is -2.34. The number of hydrogen-bond acceptors (Lipinski definition) is 11. The molecule has 19 heteroatoms. The highest BCUT2D eigenvalue weighted by Crippen LogP contribution is 2.36. The Bertz CT molecular complexity index is 1050. The number of non-ortho nitro benzene ring substituents is 1. The molecule has 0 saturated carbocycles. The van der Waals surface area contributed by atoms with Crippen molar-refractivity contribution in [2.24, 2.45) is 0 Å². The van der Waals surface area contributed by atoms with Crippen LogP contribution in [-0.2, 0) is 23.4 Å². The molecule has 0 spiro atoms. The van der Waals surface area contributed by atoms with E-state index < -0.39 is 70.4 Å². The zero-order valence-corrected chi connectivity index (χ0v) is 20.2. The number of carbonyl (C=O) groups is 1. The summed E-state index contributed by atoms with van der Waals surface area (Å²) in [4.78, 5) is 52.3. The molecule has 186 valence electrons. The average Bonchev–Trinajstić information content (AvgIpc) is 2.67. The molecule has 16 nitrogen and oxygen atoms in total. The van der Waals surface area contributed by atoms with E-state index >= 15 is 0 Å². The third-order valence-corrected chi connectivity index (χ3v) is 5.19. The largest absolute Gasteiger partial charge is 0.469 e. The summed E-state index contributed by atoms with van der Waals surface area (Å²) in [7, 11) is -8.64. The summed E-state index contributed by atoms with van der Waals surface area (Å²) in [6.07, 6.45) is 0.804. The summed E-state index contributed by atoms with van der Waals surface area (Å²) in [5.74, 6) is -1.08. The number of phosphoric acid groups is 1. The quantitative estimate of drug-likeness (QED) is 0.0683. The van der Waals surface area contributed by atoms with Gasteiger partial charge in [-0.3, -0.25) is 33.7 Å². The number of nitro groups is 2. The lowest BCUT2D eigenvalue weighted by Gasteiger charge is -2.25. The topological polar surface area (TPSA) is 229 Å². The van der Waals surface area contributed by atoms with E-state index in [0.717, 1.165) is 12.3 Å². The number of alkyl halides is 1. The van der Waals surface area contributed by atoms with Crippen molar-refractivity contribution in [3.8, 4) is 0 Å². The highest BCUT2D eigenvalue weighted by atomic mass is 79.9. The van der Waals surface area contributed by atoms with Crippen molar-refractivity contribution in [2.45, 2.75) is 0 Å². The van der Waals surface area contributed by atoms with Crippen molar-refractivity contribution in [1.29, 1.82) is 0 Å². The van der Waals surface area contributed by atoms with Crippen molar-refractivity contribution in [3.05, 3.63) is 37.9 Å². The fourth-order valence-corrected chi connectivity index (χ4v) is 3.63. The fourth-order valence-electron chi connectivity index (χ4n) is 2.50. The second-order valence-corrected chi connectivity index (χ2v) is 9.83. The number of anilines is 1. The molecule has 0 aliphatic rings. The molecule has 1 rings (SSSR count). The summed E-state index contributed by atoms with van der Waals surface area (Å²) < 4.78 is 42.0. The number of carbonyl (C=O) groups excluding carboxylic acids is 1. The molecule has 0 fully saturated rings. The van der Waals surface area contributed by atoms with Crippen LogP contribution < -0.4 is 10.2 Å². The lowest BCUT2D eigenvalue weighted by atomic mass is 10.1. The molecule has 3 N–H and O–H groups in total. The number of nitrogens with one attached hydrogen (secondary N) is 1. The van der Waals surface area contributed by atoms with Crippen LogP contribution in [-0.4, -0.2) is 78.4 Å². The second kappa shape index (κ2) is 12.3. The van der Waals surface area contributed by atoms with Crippen LogP contribution in [0.5, 0.6) is 0 Å². The van der Waals surface area contributed by atoms with Gasteiger partial charge in [-0.2, -0.15) is 8.42 Å². The Morgan fingerprint density at radius 2 is 1.85 bits per heavy atom. The van der Waals surface area contributed by atoms with E-state index in [0.29, 0.717) is 6.07 Å². The van der Waals surface area contributed by atoms with Crippen molar-refractivity contribution >= 4 is 56.8 Å². The van der Waals surface area contributed by atoms with Gasteiger partial charge in [0, 0.05) is 31.0 Å². The van der Waals surface area contributed by atoms with E-state index in [-0.39, 0.29) is 24.1 Å². The van der Waals surface area contributed by atoms with Crippen LogP contribution in [0.4, 0.5) is 17.1 Å². The van der Waals surface area contributed by atoms with Crippen LogP contribution in [0, 0.1) is 20.2 Å². The minimum Gasteiger partial charge on any atom is -0.367 e. The number of halogens is 1. The number of benzene rings is 1. The summed E-state index contributed by atoms with van der Waals surface area (Å²) in [6, 6.07) is 1.50. The zero-order valence-electron chi connectivity index (χ0n) is 16.9. The Balaban J connectivity index is 3.43. The van der Waals surface area contributed by atoms with Crippen LogP contribution in [0.2, 0.25) is 0 Å². The normalized spacial score (nSPS) is 11.8. The first kappa shape index (κ1) is 28.8. The first-order chi connectivity index (χ1) is 15.2. The fraction of sp³-hybridized carbons (Fsp3) is 0.500. The third-order valence-electron chi connectivity index (χ3n) is 3.72. The molecule has 0 aliphatic carbocycles. The van der Waals surface area contributed by atoms with Gasteiger partial charge in [-0.1, -0.05) is 15.9 Å². The molecule has 0 atom stereocenters. The SMILES string of the molecule is CS(=O)(=O)OCCN(CCBr)c1cc([N+](=O)[O-])cc([N+](=O)[O-])c1C(=O)NCCOP(=O)(O)O. The number of phosphoric ester groups is 1. The van der Waals surface area contributed by atoms with E-state index in [9.17, 15) is 38.0 Å². The van der Waals surface area contributed by atoms with E-state index in [1.54, 1.807) is 0 Å². The van der Waals surface area contributed by atoms with Gasteiger partial charge in [0.25, 0.3) is 27.4 Å². The number of amides is 1. The highest BCUT2D eigenvalue weighted by Gasteiger charge is 2.31. The Morgan fingerprint density at radius 3 is 2.33 bits per heavy atom. The minimum absolute atomic E-state index is 0.0487. The van der Waals surface area contributed by atoms with Gasteiger partial charge in [-0.25, -0.2) is 4.57 Å². The van der Waals surface area contributed by atoms with Crippen molar-refractivity contribution in [2.75, 3.05) is 49.3 Å². The summed E-state index contributed by atoms with van der Waals surface area (Å²) in [5.41, 5.74) is -2.43. The third kappa shape index (κ3) is 10.1. The molecule has 1 aromatic carbocycles. The van der Waals surface area contributed by atoms with E-state index in [4.69, 9.17) is 9.79 Å². The van der Waals surface area contributed by atoms with Gasteiger partial charge in [0.2, 0.25) is 0 Å². The molecule has 0 unspecified atom stereocenters. The lowest BCUT2D eigenvalue weighted by molar-refractivity contribution is -0.394. The minimum atomic E-state index is -4.81.